The van der Waals surface area contributed by atoms with E-state index in [4.69, 9.17) is 9.47 Å². The molecule has 5 aliphatic carbocycles. The van der Waals surface area contributed by atoms with Crippen molar-refractivity contribution in [3.63, 3.8) is 0 Å². The molecule has 266 valence electrons. The lowest BCUT2D eigenvalue weighted by molar-refractivity contribution is -0.267. The maximum Gasteiger partial charge on any atom is 0.333 e. The van der Waals surface area contributed by atoms with Crippen LogP contribution < -0.4 is 0 Å². The van der Waals surface area contributed by atoms with Gasteiger partial charge in [-0.25, -0.2) is 4.79 Å². The Kier molecular flexibility index (Phi) is 9.32. The molecule has 0 aromatic heterocycles. The molecule has 1 unspecified atom stereocenters. The van der Waals surface area contributed by atoms with Gasteiger partial charge >= 0.3 is 11.9 Å². The second-order valence-electron chi connectivity index (χ2n) is 18.4. The van der Waals surface area contributed by atoms with Gasteiger partial charge in [0.05, 0.1) is 30.1 Å². The zero-order chi connectivity index (χ0) is 35.1. The van der Waals surface area contributed by atoms with Gasteiger partial charge in [-0.3, -0.25) is 4.79 Å². The average molecular weight is 657 g/mol. The Labute approximate surface area is 283 Å². The summed E-state index contributed by atoms with van der Waals surface area (Å²) in [4.78, 5) is 26.9. The first-order chi connectivity index (χ1) is 21.7. The minimum atomic E-state index is -1.22. The van der Waals surface area contributed by atoms with E-state index in [0.717, 1.165) is 32.1 Å². The molecule has 4 fully saturated rings. The molecule has 7 nitrogen and oxygen atoms in total. The molecule has 0 aromatic rings. The lowest BCUT2D eigenvalue weighted by Crippen LogP contribution is -2.72. The van der Waals surface area contributed by atoms with Crippen molar-refractivity contribution in [2.24, 2.45) is 56.2 Å². The van der Waals surface area contributed by atoms with Gasteiger partial charge < -0.3 is 24.8 Å². The molecule has 12 atom stereocenters. The highest BCUT2D eigenvalue weighted by Crippen LogP contribution is 2.76. The fourth-order valence-corrected chi connectivity index (χ4v) is 12.0. The Morgan fingerprint density at radius 2 is 1.62 bits per heavy atom. The Bertz CT molecular complexity index is 1310. The topological polar surface area (TPSA) is 113 Å². The number of allylic oxidation sites excluding steroid dienone is 3. The standard InChI is InChI=1S/C40H64O7/c1-12-23(3)33(44)46-31-32(47-34(45)24(4)13-2)40(22-41)26(20-35(31,5)6)25-14-15-28-37(9)18-17-29(42)36(7,8)27(37)16-19-38(28,10)39(25,11)21-30(40)43/h12,14,24,26-32,41-43H,13,15-22H2,1-11H3/b23-12-/t24?,26-,27-,28+,29-,30+,31-,32-,37-,38+,39+,40-/m0/s1. The lowest BCUT2D eigenvalue weighted by Gasteiger charge is -2.72. The lowest BCUT2D eigenvalue weighted by atomic mass is 9.33. The summed E-state index contributed by atoms with van der Waals surface area (Å²) >= 11 is 0. The van der Waals surface area contributed by atoms with Crippen LogP contribution in [0.25, 0.3) is 0 Å². The van der Waals surface area contributed by atoms with Gasteiger partial charge in [0.2, 0.25) is 0 Å². The zero-order valence-corrected chi connectivity index (χ0v) is 31.1. The van der Waals surface area contributed by atoms with Gasteiger partial charge in [-0.05, 0) is 105 Å². The van der Waals surface area contributed by atoms with Crippen LogP contribution >= 0.6 is 0 Å². The number of hydrogen-bond acceptors (Lipinski definition) is 7. The van der Waals surface area contributed by atoms with E-state index < -0.39 is 41.1 Å². The molecule has 0 aliphatic heterocycles. The van der Waals surface area contributed by atoms with Crippen molar-refractivity contribution < 1.29 is 34.4 Å². The second-order valence-corrected chi connectivity index (χ2v) is 18.4. The number of carbonyl (C=O) groups is 2. The molecule has 0 amide bonds. The van der Waals surface area contributed by atoms with Crippen LogP contribution in [0.1, 0.15) is 128 Å². The molecular weight excluding hydrogens is 592 g/mol. The van der Waals surface area contributed by atoms with Gasteiger partial charge in [-0.15, -0.1) is 0 Å². The minimum absolute atomic E-state index is 0.0569. The molecule has 0 saturated heterocycles. The molecule has 4 saturated carbocycles. The van der Waals surface area contributed by atoms with Gasteiger partial charge in [0.15, 0.2) is 0 Å². The molecular formula is C40H64O7. The van der Waals surface area contributed by atoms with Gasteiger partial charge in [0, 0.05) is 11.0 Å². The minimum Gasteiger partial charge on any atom is -0.457 e. The Morgan fingerprint density at radius 3 is 2.21 bits per heavy atom. The molecule has 3 N–H and O–H groups in total. The summed E-state index contributed by atoms with van der Waals surface area (Å²) in [5, 5.41) is 35.1. The van der Waals surface area contributed by atoms with Crippen LogP contribution in [0.2, 0.25) is 0 Å². The van der Waals surface area contributed by atoms with Crippen molar-refractivity contribution >= 4 is 11.9 Å². The fourth-order valence-electron chi connectivity index (χ4n) is 12.0. The van der Waals surface area contributed by atoms with Crippen molar-refractivity contribution in [2.75, 3.05) is 6.61 Å². The number of hydrogen-bond donors (Lipinski definition) is 3. The third kappa shape index (κ3) is 5.05. The van der Waals surface area contributed by atoms with E-state index in [-0.39, 0.29) is 46.2 Å². The van der Waals surface area contributed by atoms with Crippen molar-refractivity contribution in [1.29, 1.82) is 0 Å². The first kappa shape index (κ1) is 36.6. The fraction of sp³-hybridized carbons (Fsp3) is 0.850. The Hall–Kier alpha value is -1.70. The molecule has 47 heavy (non-hydrogen) atoms. The summed E-state index contributed by atoms with van der Waals surface area (Å²) in [6, 6.07) is 0. The Balaban J connectivity index is 1.64. The first-order valence-electron chi connectivity index (χ1n) is 18.4. The molecule has 0 aromatic carbocycles. The van der Waals surface area contributed by atoms with Crippen molar-refractivity contribution in [3.05, 3.63) is 23.3 Å². The largest absolute Gasteiger partial charge is 0.457 e. The smallest absolute Gasteiger partial charge is 0.333 e. The number of ether oxygens (including phenoxy) is 2. The summed E-state index contributed by atoms with van der Waals surface area (Å²) in [5.74, 6) is -0.724. The number of carbonyl (C=O) groups excluding carboxylic acids is 2. The third-order valence-electron chi connectivity index (χ3n) is 15.6. The zero-order valence-electron chi connectivity index (χ0n) is 31.1. The van der Waals surface area contributed by atoms with Crippen molar-refractivity contribution in [1.82, 2.24) is 0 Å². The van der Waals surface area contributed by atoms with E-state index in [0.29, 0.717) is 36.7 Å². The van der Waals surface area contributed by atoms with Gasteiger partial charge in [-0.1, -0.05) is 80.0 Å². The van der Waals surface area contributed by atoms with Crippen LogP contribution in [0, 0.1) is 56.2 Å². The van der Waals surface area contributed by atoms with E-state index in [1.165, 1.54) is 5.57 Å². The molecule has 7 heteroatoms. The molecule has 0 spiro atoms. The summed E-state index contributed by atoms with van der Waals surface area (Å²) in [5.41, 5.74) is -0.670. The summed E-state index contributed by atoms with van der Waals surface area (Å²) in [6.07, 6.45) is 7.34. The molecule has 0 heterocycles. The maximum absolute atomic E-state index is 13.6. The van der Waals surface area contributed by atoms with Gasteiger partial charge in [-0.2, -0.15) is 0 Å². The monoisotopic (exact) mass is 656 g/mol. The van der Waals surface area contributed by atoms with Crippen molar-refractivity contribution in [3.8, 4) is 0 Å². The van der Waals surface area contributed by atoms with Crippen LogP contribution in [0.15, 0.2) is 23.3 Å². The number of rotatable bonds is 6. The van der Waals surface area contributed by atoms with Gasteiger partial charge in [0.1, 0.15) is 12.2 Å². The van der Waals surface area contributed by atoms with E-state index in [1.807, 2.05) is 13.8 Å². The predicted octanol–water partition coefficient (Wildman–Crippen LogP) is 7.17. The average Bonchev–Trinajstić information content (AvgIpc) is 3.00. The molecule has 5 aliphatic rings. The van der Waals surface area contributed by atoms with Crippen LogP contribution in [-0.4, -0.2) is 58.3 Å². The van der Waals surface area contributed by atoms with E-state index in [1.54, 1.807) is 19.9 Å². The van der Waals surface area contributed by atoms with E-state index in [9.17, 15) is 24.9 Å². The number of esters is 2. The van der Waals surface area contributed by atoms with Crippen LogP contribution in [-0.2, 0) is 19.1 Å². The highest BCUT2D eigenvalue weighted by atomic mass is 16.6. The Morgan fingerprint density at radius 1 is 0.957 bits per heavy atom. The van der Waals surface area contributed by atoms with Crippen LogP contribution in [0.5, 0.6) is 0 Å². The number of aliphatic hydroxyl groups excluding tert-OH is 3. The van der Waals surface area contributed by atoms with Crippen LogP contribution in [0.4, 0.5) is 0 Å². The summed E-state index contributed by atoms with van der Waals surface area (Å²) in [6.45, 7) is 22.7. The SMILES string of the molecule is C/C=C(/C)C(=O)O[C@H]1[C@H](OC(=O)C(C)CC)[C@]2(CO)[C@H](O)C[C@]3(C)C(=CC[C@@H]4[C@@]5(C)CC[C@H](O)C(C)(C)[C@@H]5CC[C@]43C)[C@@H]2CC1(C)C. The first-order valence-corrected chi connectivity index (χ1v) is 18.4. The van der Waals surface area contributed by atoms with Crippen molar-refractivity contribution in [2.45, 2.75) is 152 Å². The highest BCUT2D eigenvalue weighted by molar-refractivity contribution is 5.87. The third-order valence-corrected chi connectivity index (χ3v) is 15.6. The maximum atomic E-state index is 13.6. The van der Waals surface area contributed by atoms with E-state index >= 15 is 0 Å². The summed E-state index contributed by atoms with van der Waals surface area (Å²) < 4.78 is 12.6. The number of fused-ring (bicyclic) bond motifs is 7. The predicted molar refractivity (Wildman–Crippen MR) is 183 cm³/mol. The quantitative estimate of drug-likeness (QED) is 0.158. The molecule has 5 rings (SSSR count). The van der Waals surface area contributed by atoms with E-state index in [2.05, 4.69) is 54.5 Å². The van der Waals surface area contributed by atoms with Gasteiger partial charge in [0.25, 0.3) is 0 Å². The number of aliphatic hydroxyl groups is 3. The van der Waals surface area contributed by atoms with Crippen LogP contribution in [0.3, 0.4) is 0 Å². The molecule has 0 bridgehead atoms. The second kappa shape index (κ2) is 12.0. The normalized spacial score (nSPS) is 46.0. The highest BCUT2D eigenvalue weighted by Gasteiger charge is 2.73. The summed E-state index contributed by atoms with van der Waals surface area (Å²) in [7, 11) is 0. The molecule has 0 radical (unpaired) electrons.